The number of anilines is 1. The van der Waals surface area contributed by atoms with Crippen molar-refractivity contribution in [3.05, 3.63) is 106 Å². The van der Waals surface area contributed by atoms with Gasteiger partial charge in [0, 0.05) is 102 Å². The van der Waals surface area contributed by atoms with Crippen LogP contribution >= 0.6 is 11.6 Å². The van der Waals surface area contributed by atoms with E-state index < -0.39 is 60.1 Å². The summed E-state index contributed by atoms with van der Waals surface area (Å²) >= 11 is 7.47. The molecule has 2 aromatic rings. The Morgan fingerprint density at radius 2 is 1.33 bits per heavy atom. The number of fused-ring (bicyclic) bond motifs is 6. The number of para-hydroxylation sites is 2. The third kappa shape index (κ3) is 11.8. The predicted molar refractivity (Wildman–Crippen MR) is 348 cm³/mol. The molecule has 13 aliphatic rings. The van der Waals surface area contributed by atoms with Gasteiger partial charge in [0.1, 0.15) is 6.54 Å². The normalized spacial score (nSPS) is 38.3. The first-order valence-corrected chi connectivity index (χ1v) is 35.4. The van der Waals surface area contributed by atoms with E-state index in [1.165, 1.54) is 45.1 Å². The number of amides is 2. The number of alkyl carbamates (subject to hydrolysis) is 2. The summed E-state index contributed by atoms with van der Waals surface area (Å²) in [5, 5.41) is 6.88. The summed E-state index contributed by atoms with van der Waals surface area (Å²) in [4.78, 5) is 53.6. The SMILES string of the molecule is C[C@@H]1C(OC(=O)NCCCCCCN2/C(=C/C=C3\CCCC(/C=C/C4=[N+](CCCCCCNC(=O)OC5C[C@]6(C)CC[C@H](C)[C@H]7CCC8(C)OO[C@@]76[C@@H](O5)O8)c5ccccc5C4(C)C)=C3Cl)C(C)(C)c3ccccc32)O[C@H]2OC3(C)CC[C@@H]4[C@@H](C)CC[C@H]1[C@]24OO3. The fourth-order valence-electron chi connectivity index (χ4n) is 18.5. The number of benzene rings is 2. The van der Waals surface area contributed by atoms with Gasteiger partial charge in [-0.25, -0.2) is 29.1 Å². The minimum Gasteiger partial charge on any atom is -0.420 e. The van der Waals surface area contributed by atoms with Crippen molar-refractivity contribution in [1.82, 2.24) is 10.6 Å². The summed E-state index contributed by atoms with van der Waals surface area (Å²) in [7, 11) is 0. The van der Waals surface area contributed by atoms with Gasteiger partial charge < -0.3 is 44.0 Å². The molecule has 3 aliphatic carbocycles. The van der Waals surface area contributed by atoms with Crippen LogP contribution in [0.25, 0.3) is 0 Å². The van der Waals surface area contributed by atoms with Crippen LogP contribution in [0.15, 0.2) is 94.7 Å². The predicted octanol–water partition coefficient (Wildman–Crippen LogP) is 16.0. The first-order chi connectivity index (χ1) is 43.6. The van der Waals surface area contributed by atoms with Gasteiger partial charge in [-0.05, 0) is 164 Å². The van der Waals surface area contributed by atoms with Crippen molar-refractivity contribution >= 4 is 40.9 Å². The molecule has 496 valence electrons. The van der Waals surface area contributed by atoms with Crippen molar-refractivity contribution in [2.45, 2.75) is 256 Å². The molecule has 2 N–H and O–H groups in total. The van der Waals surface area contributed by atoms with Crippen molar-refractivity contribution in [1.29, 1.82) is 0 Å². The van der Waals surface area contributed by atoms with Gasteiger partial charge >= 0.3 is 12.2 Å². The lowest BCUT2D eigenvalue weighted by Gasteiger charge is -2.62. The average molecular weight is 1280 g/mol. The first-order valence-electron chi connectivity index (χ1n) is 35.0. The van der Waals surface area contributed by atoms with Gasteiger partial charge in [0.15, 0.2) is 29.5 Å². The highest BCUT2D eigenvalue weighted by molar-refractivity contribution is 6.32. The fraction of sp³-hybridized carbons (Fsp3) is 0.689. The second-order valence-corrected chi connectivity index (χ2v) is 30.9. The summed E-state index contributed by atoms with van der Waals surface area (Å²) < 4.78 is 40.4. The summed E-state index contributed by atoms with van der Waals surface area (Å²) in [6, 6.07) is 17.6. The monoisotopic (exact) mass is 1270 g/mol. The zero-order chi connectivity index (χ0) is 63.7. The maximum atomic E-state index is 13.3. The van der Waals surface area contributed by atoms with Gasteiger partial charge in [0.2, 0.25) is 29.8 Å². The van der Waals surface area contributed by atoms with E-state index in [1.807, 2.05) is 13.8 Å². The third-order valence-corrected chi connectivity index (χ3v) is 24.3. The lowest BCUT2D eigenvalue weighted by atomic mass is 9.53. The molecule has 0 aromatic heterocycles. The standard InChI is InChI=1S/C74H101ClN4O12/c1-47-30-33-54-49(3)63(84-64-73(54)52(47)37-40-71(9,86-64)88-90-73)85-67(81)77-43-20-12-14-22-45-79-58-29-18-16-27-56(58)69(6,7)60(79)35-32-51-25-23-24-50(62(51)75)31-34-59-68(4,5)55-26-15-17-28-57(55)78(59)44-21-13-11-19-42-76-66(80)83-61-46-70(8)39-36-48(2)53-38-41-72(10)87-65(82-61)74(53,70)91-89-72/h15-18,26-29,31-32,34-35,47-49,52-54,61,63-65H,11-14,19-25,30,33,36-46H2,1-10H3,(H-,76,77,80,81)/p+1/t47-,48-,49-,52+,53+,54+,61?,63?,64-,65-,70-,71?,72?,73-,74+/m0/s1. The quantitative estimate of drug-likeness (QED) is 0.0779. The van der Waals surface area contributed by atoms with E-state index in [0.717, 1.165) is 140 Å². The van der Waals surface area contributed by atoms with Crippen LogP contribution in [0, 0.1) is 40.9 Å². The highest BCUT2D eigenvalue weighted by atomic mass is 35.5. The molecule has 2 aromatic carbocycles. The number of nitrogens with zero attached hydrogens (tertiary/aromatic N) is 2. The number of allylic oxidation sites excluding steroid dienone is 8. The van der Waals surface area contributed by atoms with E-state index in [0.29, 0.717) is 31.3 Å². The molecular weight excluding hydrogens is 1170 g/mol. The van der Waals surface area contributed by atoms with Crippen molar-refractivity contribution < 1.29 is 62.1 Å². The average Bonchev–Trinajstić information content (AvgIpc) is 1.69. The molecule has 17 heteroatoms. The maximum Gasteiger partial charge on any atom is 0.409 e. The van der Waals surface area contributed by atoms with Crippen molar-refractivity contribution in [3.63, 3.8) is 0 Å². The smallest absolute Gasteiger partial charge is 0.409 e. The van der Waals surface area contributed by atoms with Crippen LogP contribution in [0.3, 0.4) is 0 Å². The summed E-state index contributed by atoms with van der Waals surface area (Å²) in [6.45, 7) is 24.9. The van der Waals surface area contributed by atoms with Gasteiger partial charge in [-0.2, -0.15) is 4.58 Å². The third-order valence-electron chi connectivity index (χ3n) is 23.9. The van der Waals surface area contributed by atoms with Crippen molar-refractivity contribution in [2.24, 2.45) is 40.9 Å². The zero-order valence-electron chi connectivity index (χ0n) is 55.8. The van der Waals surface area contributed by atoms with Gasteiger partial charge in [0.05, 0.1) is 5.41 Å². The molecule has 10 heterocycles. The zero-order valence-corrected chi connectivity index (χ0v) is 56.6. The summed E-state index contributed by atoms with van der Waals surface area (Å²) in [5.74, 6) is -0.355. The van der Waals surface area contributed by atoms with Crippen LogP contribution in [0.5, 0.6) is 0 Å². The van der Waals surface area contributed by atoms with Crippen molar-refractivity contribution in [3.8, 4) is 0 Å². The lowest BCUT2D eigenvalue weighted by Crippen LogP contribution is -2.72. The fourth-order valence-corrected chi connectivity index (χ4v) is 18.8. The van der Waals surface area contributed by atoms with Gasteiger partial charge in [-0.1, -0.05) is 121 Å². The molecule has 2 saturated carbocycles. The van der Waals surface area contributed by atoms with E-state index in [2.05, 4.69) is 148 Å². The molecule has 16 nitrogen and oxygen atoms in total. The van der Waals surface area contributed by atoms with E-state index in [9.17, 15) is 9.59 Å². The first kappa shape index (κ1) is 65.1. The number of nitrogens with one attached hydrogen (secondary N) is 2. The Morgan fingerprint density at radius 3 is 2.11 bits per heavy atom. The maximum absolute atomic E-state index is 13.3. The molecule has 10 aliphatic heterocycles. The number of ether oxygens (including phenoxy) is 6. The second kappa shape index (κ2) is 25.5. The summed E-state index contributed by atoms with van der Waals surface area (Å²) in [5.41, 5.74) is 7.95. The Morgan fingerprint density at radius 1 is 0.659 bits per heavy atom. The Labute approximate surface area is 545 Å². The number of carbonyl (C=O) groups is 2. The lowest BCUT2D eigenvalue weighted by molar-refractivity contribution is -0.581. The van der Waals surface area contributed by atoms with Crippen LogP contribution in [0.1, 0.15) is 209 Å². The Bertz CT molecular complexity index is 3230. The molecule has 10 fully saturated rings. The summed E-state index contributed by atoms with van der Waals surface area (Å²) in [6.07, 6.45) is 24.1. The van der Waals surface area contributed by atoms with E-state index in [-0.39, 0.29) is 39.9 Å². The number of rotatable bonds is 19. The number of carbonyl (C=O) groups excluding carboxylic acids is 2. The van der Waals surface area contributed by atoms with Gasteiger partial charge in [0.25, 0.3) is 0 Å². The minimum atomic E-state index is -0.889. The Kier molecular flexibility index (Phi) is 18.2. The van der Waals surface area contributed by atoms with Gasteiger partial charge in [-0.3, -0.25) is 0 Å². The van der Waals surface area contributed by atoms with Crippen LogP contribution < -0.4 is 15.5 Å². The molecule has 2 amide bonds. The van der Waals surface area contributed by atoms with Crippen LogP contribution in [-0.4, -0.2) is 96.6 Å². The number of halogens is 1. The molecule has 91 heavy (non-hydrogen) atoms. The number of unbranched alkanes of at least 4 members (excludes halogenated alkanes) is 6. The molecule has 4 unspecified atom stereocenters. The largest absolute Gasteiger partial charge is 0.420 e. The van der Waals surface area contributed by atoms with E-state index in [1.54, 1.807) is 0 Å². The molecule has 8 saturated heterocycles. The van der Waals surface area contributed by atoms with Crippen LogP contribution in [0.4, 0.5) is 21.0 Å². The van der Waals surface area contributed by atoms with Crippen LogP contribution in [0.2, 0.25) is 0 Å². The van der Waals surface area contributed by atoms with E-state index in [4.69, 9.17) is 59.6 Å². The van der Waals surface area contributed by atoms with Crippen LogP contribution in [-0.2, 0) is 58.8 Å². The molecule has 4 bridgehead atoms. The molecule has 15 atom stereocenters. The van der Waals surface area contributed by atoms with Crippen molar-refractivity contribution in [2.75, 3.05) is 31.1 Å². The Hall–Kier alpha value is -4.62. The number of hydrogen-bond donors (Lipinski definition) is 2. The van der Waals surface area contributed by atoms with E-state index >= 15 is 0 Å². The topological polar surface area (TPSA) is 157 Å². The highest BCUT2D eigenvalue weighted by Crippen LogP contribution is 2.65. The molecular formula is C74H102ClN4O12+. The number of hydrogen-bond acceptors (Lipinski definition) is 13. The molecule has 2 spiro atoms. The second-order valence-electron chi connectivity index (χ2n) is 30.5. The molecule has 15 rings (SSSR count). The molecule has 0 radical (unpaired) electrons. The minimum absolute atomic E-state index is 0.0761. The Balaban J connectivity index is 0.593. The van der Waals surface area contributed by atoms with Gasteiger partial charge in [-0.15, -0.1) is 0 Å². The highest BCUT2D eigenvalue weighted by Gasteiger charge is 2.73.